The van der Waals surface area contributed by atoms with E-state index in [0.717, 1.165) is 45.7 Å². The van der Waals surface area contributed by atoms with Crippen LogP contribution in [0.3, 0.4) is 0 Å². The van der Waals surface area contributed by atoms with Crippen LogP contribution >= 0.6 is 0 Å². The van der Waals surface area contributed by atoms with Crippen LogP contribution in [-0.2, 0) is 4.79 Å². The Morgan fingerprint density at radius 2 is 1.95 bits per heavy atom. The van der Waals surface area contributed by atoms with Gasteiger partial charge in [-0.15, -0.1) is 0 Å². The topological polar surface area (TPSA) is 44.8 Å². The van der Waals surface area contributed by atoms with Gasteiger partial charge in [0.2, 0.25) is 0 Å². The SMILES string of the molecule is O=C(COc1ccc(F)cc1)N1CCC(N2CCNCC2)C1. The first-order valence-electron chi connectivity index (χ1n) is 7.83. The number of carbonyl (C=O) groups is 1. The van der Waals surface area contributed by atoms with Crippen molar-refractivity contribution in [2.45, 2.75) is 12.5 Å². The molecule has 1 aromatic carbocycles. The van der Waals surface area contributed by atoms with Crippen LogP contribution in [0.4, 0.5) is 4.39 Å². The van der Waals surface area contributed by atoms with Crippen molar-refractivity contribution < 1.29 is 13.9 Å². The molecule has 0 spiro atoms. The Bertz CT molecular complexity index is 503. The fourth-order valence-corrected chi connectivity index (χ4v) is 3.08. The minimum absolute atomic E-state index is 0.00181. The van der Waals surface area contributed by atoms with Gasteiger partial charge in [-0.1, -0.05) is 0 Å². The van der Waals surface area contributed by atoms with Crippen LogP contribution in [0.1, 0.15) is 6.42 Å². The Hall–Kier alpha value is -1.66. The summed E-state index contributed by atoms with van der Waals surface area (Å²) in [6.45, 7) is 5.75. The van der Waals surface area contributed by atoms with E-state index in [1.807, 2.05) is 4.90 Å². The number of piperazine rings is 1. The van der Waals surface area contributed by atoms with E-state index in [4.69, 9.17) is 4.74 Å². The second kappa shape index (κ2) is 7.07. The lowest BCUT2D eigenvalue weighted by molar-refractivity contribution is -0.132. The summed E-state index contributed by atoms with van der Waals surface area (Å²) in [5, 5.41) is 3.35. The van der Waals surface area contributed by atoms with E-state index in [9.17, 15) is 9.18 Å². The highest BCUT2D eigenvalue weighted by atomic mass is 19.1. The predicted octanol–water partition coefficient (Wildman–Crippen LogP) is 0.711. The first-order valence-corrected chi connectivity index (χ1v) is 7.83. The number of benzene rings is 1. The Kier molecular flexibility index (Phi) is 4.90. The van der Waals surface area contributed by atoms with Crippen molar-refractivity contribution in [3.8, 4) is 5.75 Å². The molecule has 1 unspecified atom stereocenters. The van der Waals surface area contributed by atoms with Gasteiger partial charge in [0.1, 0.15) is 11.6 Å². The van der Waals surface area contributed by atoms with E-state index in [1.54, 1.807) is 0 Å². The van der Waals surface area contributed by atoms with Crippen molar-refractivity contribution in [1.82, 2.24) is 15.1 Å². The first kappa shape index (κ1) is 15.2. The van der Waals surface area contributed by atoms with Crippen LogP contribution in [0.25, 0.3) is 0 Å². The summed E-state index contributed by atoms with van der Waals surface area (Å²) < 4.78 is 18.2. The third-order valence-electron chi connectivity index (χ3n) is 4.36. The van der Waals surface area contributed by atoms with Gasteiger partial charge in [0.25, 0.3) is 5.91 Å². The molecule has 3 rings (SSSR count). The molecule has 22 heavy (non-hydrogen) atoms. The number of rotatable bonds is 4. The van der Waals surface area contributed by atoms with Crippen molar-refractivity contribution in [3.63, 3.8) is 0 Å². The number of likely N-dealkylation sites (tertiary alicyclic amines) is 1. The molecule has 2 saturated heterocycles. The number of ether oxygens (including phenoxy) is 1. The van der Waals surface area contributed by atoms with Crippen LogP contribution in [0, 0.1) is 5.82 Å². The molecule has 1 N–H and O–H groups in total. The molecule has 5 nitrogen and oxygen atoms in total. The fraction of sp³-hybridized carbons (Fsp3) is 0.562. The summed E-state index contributed by atoms with van der Waals surface area (Å²) in [4.78, 5) is 16.5. The molecular formula is C16H22FN3O2. The number of amides is 1. The van der Waals surface area contributed by atoms with Gasteiger partial charge in [-0.05, 0) is 30.7 Å². The van der Waals surface area contributed by atoms with E-state index < -0.39 is 0 Å². The highest BCUT2D eigenvalue weighted by Gasteiger charge is 2.30. The van der Waals surface area contributed by atoms with Gasteiger partial charge in [0, 0.05) is 45.3 Å². The van der Waals surface area contributed by atoms with E-state index in [2.05, 4.69) is 10.2 Å². The predicted molar refractivity (Wildman–Crippen MR) is 81.3 cm³/mol. The monoisotopic (exact) mass is 307 g/mol. The van der Waals surface area contributed by atoms with E-state index in [-0.39, 0.29) is 18.3 Å². The molecule has 0 radical (unpaired) electrons. The van der Waals surface area contributed by atoms with Crippen molar-refractivity contribution in [2.24, 2.45) is 0 Å². The van der Waals surface area contributed by atoms with Crippen molar-refractivity contribution >= 4 is 5.91 Å². The minimum Gasteiger partial charge on any atom is -0.484 e. The number of carbonyl (C=O) groups excluding carboxylic acids is 1. The lowest BCUT2D eigenvalue weighted by atomic mass is 10.2. The molecule has 120 valence electrons. The number of hydrogen-bond acceptors (Lipinski definition) is 4. The van der Waals surface area contributed by atoms with Crippen LogP contribution in [0.15, 0.2) is 24.3 Å². The van der Waals surface area contributed by atoms with Gasteiger partial charge in [0.15, 0.2) is 6.61 Å². The Balaban J connectivity index is 1.45. The summed E-state index contributed by atoms with van der Waals surface area (Å²) in [5.74, 6) is 0.214. The molecule has 2 aliphatic heterocycles. The highest BCUT2D eigenvalue weighted by molar-refractivity contribution is 5.78. The zero-order chi connectivity index (χ0) is 15.4. The zero-order valence-corrected chi connectivity index (χ0v) is 12.6. The molecule has 2 aliphatic rings. The molecule has 1 atom stereocenters. The zero-order valence-electron chi connectivity index (χ0n) is 12.6. The number of hydrogen-bond donors (Lipinski definition) is 1. The first-order chi connectivity index (χ1) is 10.7. The standard InChI is InChI=1S/C16H22FN3O2/c17-13-1-3-15(4-2-13)22-12-16(21)20-8-5-14(11-20)19-9-6-18-7-10-19/h1-4,14,18H,5-12H2. The molecule has 1 aromatic rings. The second-order valence-corrected chi connectivity index (χ2v) is 5.81. The van der Waals surface area contributed by atoms with E-state index in [1.165, 1.54) is 24.3 Å². The normalized spacial score (nSPS) is 22.8. The summed E-state index contributed by atoms with van der Waals surface area (Å²) in [6, 6.07) is 6.20. The van der Waals surface area contributed by atoms with Gasteiger partial charge in [0.05, 0.1) is 0 Å². The highest BCUT2D eigenvalue weighted by Crippen LogP contribution is 2.17. The Morgan fingerprint density at radius 1 is 1.23 bits per heavy atom. The quantitative estimate of drug-likeness (QED) is 0.890. The lowest BCUT2D eigenvalue weighted by Crippen LogP contribution is -2.49. The van der Waals surface area contributed by atoms with Gasteiger partial charge in [-0.3, -0.25) is 9.69 Å². The Morgan fingerprint density at radius 3 is 2.68 bits per heavy atom. The number of halogens is 1. The molecule has 2 fully saturated rings. The minimum atomic E-state index is -0.308. The number of nitrogens with zero attached hydrogens (tertiary/aromatic N) is 2. The fourth-order valence-electron chi connectivity index (χ4n) is 3.08. The maximum absolute atomic E-state index is 12.8. The summed E-state index contributed by atoms with van der Waals surface area (Å²) in [6.07, 6.45) is 1.03. The second-order valence-electron chi connectivity index (χ2n) is 5.81. The number of nitrogens with one attached hydrogen (secondary N) is 1. The van der Waals surface area contributed by atoms with Gasteiger partial charge in [-0.25, -0.2) is 4.39 Å². The van der Waals surface area contributed by atoms with Gasteiger partial charge in [-0.2, -0.15) is 0 Å². The molecule has 0 aromatic heterocycles. The molecule has 0 aliphatic carbocycles. The molecule has 1 amide bonds. The average Bonchev–Trinajstić information content (AvgIpc) is 3.05. The van der Waals surface area contributed by atoms with E-state index >= 15 is 0 Å². The third kappa shape index (κ3) is 3.75. The van der Waals surface area contributed by atoms with Crippen LogP contribution < -0.4 is 10.1 Å². The summed E-state index contributed by atoms with van der Waals surface area (Å²) in [5.41, 5.74) is 0. The molecule has 2 heterocycles. The largest absolute Gasteiger partial charge is 0.484 e. The van der Waals surface area contributed by atoms with Crippen molar-refractivity contribution in [2.75, 3.05) is 45.9 Å². The van der Waals surface area contributed by atoms with E-state index in [0.29, 0.717) is 11.8 Å². The van der Waals surface area contributed by atoms with Crippen molar-refractivity contribution in [3.05, 3.63) is 30.1 Å². The summed E-state index contributed by atoms with van der Waals surface area (Å²) >= 11 is 0. The van der Waals surface area contributed by atoms with Crippen LogP contribution in [0.5, 0.6) is 5.75 Å². The lowest BCUT2D eigenvalue weighted by Gasteiger charge is -2.32. The maximum atomic E-state index is 12.8. The van der Waals surface area contributed by atoms with Crippen LogP contribution in [0.2, 0.25) is 0 Å². The van der Waals surface area contributed by atoms with Gasteiger partial charge < -0.3 is 15.0 Å². The molecule has 6 heteroatoms. The molecule has 0 bridgehead atoms. The molecule has 0 saturated carbocycles. The van der Waals surface area contributed by atoms with Gasteiger partial charge >= 0.3 is 0 Å². The summed E-state index contributed by atoms with van der Waals surface area (Å²) in [7, 11) is 0. The smallest absolute Gasteiger partial charge is 0.260 e. The molecular weight excluding hydrogens is 285 g/mol. The third-order valence-corrected chi connectivity index (χ3v) is 4.36. The average molecular weight is 307 g/mol. The Labute approximate surface area is 130 Å². The maximum Gasteiger partial charge on any atom is 0.260 e. The van der Waals surface area contributed by atoms with Crippen LogP contribution in [-0.4, -0.2) is 67.6 Å². The van der Waals surface area contributed by atoms with Crippen molar-refractivity contribution in [1.29, 1.82) is 0 Å².